The maximum Gasteiger partial charge on any atom is 0.288 e. The summed E-state index contributed by atoms with van der Waals surface area (Å²) in [5, 5.41) is 2.77. The quantitative estimate of drug-likeness (QED) is 0.758. The number of piperazine rings is 1. The molecule has 1 unspecified atom stereocenters. The van der Waals surface area contributed by atoms with Crippen molar-refractivity contribution in [3.8, 4) is 0 Å². The van der Waals surface area contributed by atoms with Crippen LogP contribution in [0, 0.1) is 0 Å². The molecule has 8 heteroatoms. The van der Waals surface area contributed by atoms with Crippen molar-refractivity contribution in [3.05, 3.63) is 60.1 Å². The van der Waals surface area contributed by atoms with Gasteiger partial charge in [0.15, 0.2) is 5.76 Å². The predicted octanol–water partition coefficient (Wildman–Crippen LogP) is 3.52. The molecule has 1 N–H and O–H groups in total. The molecule has 1 saturated heterocycles. The van der Waals surface area contributed by atoms with E-state index in [1.54, 1.807) is 12.1 Å². The third-order valence-corrected chi connectivity index (χ3v) is 4.96. The number of benzene rings is 1. The number of nitrogens with zero attached hydrogens (tertiary/aromatic N) is 2. The van der Waals surface area contributed by atoms with Crippen LogP contribution in [0.4, 0.5) is 0 Å². The van der Waals surface area contributed by atoms with Crippen LogP contribution in [0.5, 0.6) is 0 Å². The highest BCUT2D eigenvalue weighted by Gasteiger charge is 2.40. The number of hydrogen-bond donors (Lipinski definition) is 1. The van der Waals surface area contributed by atoms with Crippen LogP contribution in [0.2, 0.25) is 0 Å². The lowest BCUT2D eigenvalue weighted by Crippen LogP contribution is -2.60. The van der Waals surface area contributed by atoms with Crippen LogP contribution < -0.4 is 5.32 Å². The molecule has 1 atom stereocenters. The number of furan rings is 1. The second-order valence-electron chi connectivity index (χ2n) is 6.19. The smallest absolute Gasteiger partial charge is 0.288 e. The number of halogens is 3. The highest BCUT2D eigenvalue weighted by Crippen LogP contribution is 2.33. The molecule has 1 amide bonds. The summed E-state index contributed by atoms with van der Waals surface area (Å²) in [6.07, 6.45) is 0.700. The molecule has 1 aromatic heterocycles. The summed E-state index contributed by atoms with van der Waals surface area (Å²) >= 11 is 18.4. The van der Waals surface area contributed by atoms with Crippen molar-refractivity contribution in [2.45, 2.75) is 16.5 Å². The van der Waals surface area contributed by atoms with Crippen LogP contribution in [0.15, 0.2) is 53.1 Å². The van der Waals surface area contributed by atoms with E-state index in [-0.39, 0.29) is 5.76 Å². The van der Waals surface area contributed by atoms with Gasteiger partial charge in [0.05, 0.1) is 6.26 Å². The maximum absolute atomic E-state index is 12.3. The minimum atomic E-state index is -1.65. The highest BCUT2D eigenvalue weighted by atomic mass is 35.6. The first-order valence-electron chi connectivity index (χ1n) is 8.35. The lowest BCUT2D eigenvalue weighted by molar-refractivity contribution is 0.0642. The molecule has 0 saturated carbocycles. The van der Waals surface area contributed by atoms with Gasteiger partial charge in [-0.2, -0.15) is 0 Å². The average molecular weight is 417 g/mol. The standard InChI is InChI=1S/C18H20Cl3N3O2/c19-18(20,21)17(22-16(25)15-7-4-12-26-15)24-10-8-23(9-11-24)13-14-5-2-1-3-6-14/h1-7,12,17H,8-11,13H2,(H,22,25). The number of alkyl halides is 3. The van der Waals surface area contributed by atoms with E-state index < -0.39 is 15.9 Å². The second kappa shape index (κ2) is 8.63. The van der Waals surface area contributed by atoms with Gasteiger partial charge in [-0.05, 0) is 17.7 Å². The lowest BCUT2D eigenvalue weighted by atomic mass is 10.2. The molecule has 140 valence electrons. The van der Waals surface area contributed by atoms with Crippen LogP contribution in [0.3, 0.4) is 0 Å². The first-order valence-corrected chi connectivity index (χ1v) is 9.48. The van der Waals surface area contributed by atoms with Crippen molar-refractivity contribution in [1.29, 1.82) is 0 Å². The van der Waals surface area contributed by atoms with Gasteiger partial charge >= 0.3 is 0 Å². The normalized spacial score (nSPS) is 17.8. The summed E-state index contributed by atoms with van der Waals surface area (Å²) < 4.78 is 3.46. The zero-order valence-corrected chi connectivity index (χ0v) is 16.3. The lowest BCUT2D eigenvalue weighted by Gasteiger charge is -2.41. The van der Waals surface area contributed by atoms with Crippen LogP contribution in [-0.2, 0) is 6.54 Å². The summed E-state index contributed by atoms with van der Waals surface area (Å²) in [6, 6.07) is 13.5. The van der Waals surface area contributed by atoms with Crippen molar-refractivity contribution >= 4 is 40.7 Å². The van der Waals surface area contributed by atoms with E-state index in [0.29, 0.717) is 13.1 Å². The van der Waals surface area contributed by atoms with Gasteiger partial charge in [0.2, 0.25) is 3.79 Å². The Morgan fingerprint density at radius 3 is 2.35 bits per heavy atom. The monoisotopic (exact) mass is 415 g/mol. The molecule has 5 nitrogen and oxygen atoms in total. The molecular weight excluding hydrogens is 397 g/mol. The molecule has 0 radical (unpaired) electrons. The van der Waals surface area contributed by atoms with Crippen molar-refractivity contribution < 1.29 is 9.21 Å². The summed E-state index contributed by atoms with van der Waals surface area (Å²) in [6.45, 7) is 3.89. The van der Waals surface area contributed by atoms with E-state index in [9.17, 15) is 4.79 Å². The molecule has 26 heavy (non-hydrogen) atoms. The summed E-state index contributed by atoms with van der Waals surface area (Å²) in [5.74, 6) is -0.218. The molecule has 0 aliphatic carbocycles. The second-order valence-corrected chi connectivity index (χ2v) is 8.56. The van der Waals surface area contributed by atoms with E-state index in [2.05, 4.69) is 22.3 Å². The Kier molecular flexibility index (Phi) is 6.48. The van der Waals surface area contributed by atoms with Gasteiger partial charge in [-0.25, -0.2) is 0 Å². The molecule has 1 aromatic carbocycles. The Hall–Kier alpha value is -1.24. The number of hydrogen-bond acceptors (Lipinski definition) is 4. The van der Waals surface area contributed by atoms with Gasteiger partial charge in [-0.1, -0.05) is 65.1 Å². The van der Waals surface area contributed by atoms with Gasteiger partial charge in [0.25, 0.3) is 5.91 Å². The van der Waals surface area contributed by atoms with Gasteiger partial charge < -0.3 is 9.73 Å². The third-order valence-electron chi connectivity index (χ3n) is 4.34. The fourth-order valence-corrected chi connectivity index (χ4v) is 3.58. The number of carbonyl (C=O) groups excluding carboxylic acids is 1. The summed E-state index contributed by atoms with van der Waals surface area (Å²) in [7, 11) is 0. The zero-order chi connectivity index (χ0) is 18.6. The van der Waals surface area contributed by atoms with Crippen LogP contribution >= 0.6 is 34.8 Å². The molecule has 2 aromatic rings. The fourth-order valence-electron chi connectivity index (χ4n) is 3.00. The fraction of sp³-hybridized carbons (Fsp3) is 0.389. The maximum atomic E-state index is 12.3. The zero-order valence-electron chi connectivity index (χ0n) is 14.1. The van der Waals surface area contributed by atoms with Gasteiger partial charge in [0, 0.05) is 32.7 Å². The summed E-state index contributed by atoms with van der Waals surface area (Å²) in [4.78, 5) is 16.6. The van der Waals surface area contributed by atoms with E-state index >= 15 is 0 Å². The largest absolute Gasteiger partial charge is 0.459 e. The molecule has 3 rings (SSSR count). The van der Waals surface area contributed by atoms with E-state index in [4.69, 9.17) is 39.2 Å². The predicted molar refractivity (Wildman–Crippen MR) is 104 cm³/mol. The van der Waals surface area contributed by atoms with Crippen molar-refractivity contribution in [1.82, 2.24) is 15.1 Å². The SMILES string of the molecule is O=C(NC(N1CCN(Cc2ccccc2)CC1)C(Cl)(Cl)Cl)c1ccco1. The molecular formula is C18H20Cl3N3O2. The highest BCUT2D eigenvalue weighted by molar-refractivity contribution is 6.68. The number of carbonyl (C=O) groups is 1. The average Bonchev–Trinajstić information content (AvgIpc) is 3.15. The molecule has 2 heterocycles. The van der Waals surface area contributed by atoms with E-state index in [1.807, 2.05) is 23.1 Å². The Balaban J connectivity index is 1.59. The molecule has 0 spiro atoms. The number of nitrogens with one attached hydrogen (secondary N) is 1. The summed E-state index contributed by atoms with van der Waals surface area (Å²) in [5.41, 5.74) is 1.27. The van der Waals surface area contributed by atoms with Gasteiger partial charge in [-0.3, -0.25) is 14.6 Å². The first-order chi connectivity index (χ1) is 12.4. The molecule has 1 aliphatic heterocycles. The van der Waals surface area contributed by atoms with Gasteiger partial charge in [0.1, 0.15) is 6.17 Å². The Labute approximate surface area is 167 Å². The van der Waals surface area contributed by atoms with E-state index in [1.165, 1.54) is 11.8 Å². The minimum absolute atomic E-state index is 0.187. The first kappa shape index (κ1) is 19.5. The van der Waals surface area contributed by atoms with Crippen molar-refractivity contribution in [2.24, 2.45) is 0 Å². The van der Waals surface area contributed by atoms with Crippen LogP contribution in [-0.4, -0.2) is 51.8 Å². The van der Waals surface area contributed by atoms with Crippen molar-refractivity contribution in [3.63, 3.8) is 0 Å². The Morgan fingerprint density at radius 2 is 1.77 bits per heavy atom. The Bertz CT molecular complexity index is 696. The number of amides is 1. The molecule has 0 bridgehead atoms. The number of rotatable bonds is 5. The topological polar surface area (TPSA) is 48.7 Å². The van der Waals surface area contributed by atoms with Crippen molar-refractivity contribution in [2.75, 3.05) is 26.2 Å². The van der Waals surface area contributed by atoms with E-state index in [0.717, 1.165) is 19.6 Å². The minimum Gasteiger partial charge on any atom is -0.459 e. The molecule has 1 fully saturated rings. The van der Waals surface area contributed by atoms with Gasteiger partial charge in [-0.15, -0.1) is 0 Å². The Morgan fingerprint density at radius 1 is 1.08 bits per heavy atom. The third kappa shape index (κ3) is 5.15. The van der Waals surface area contributed by atoms with Crippen LogP contribution in [0.25, 0.3) is 0 Å². The molecule has 1 aliphatic rings. The van der Waals surface area contributed by atoms with Crippen LogP contribution in [0.1, 0.15) is 16.1 Å².